The van der Waals surface area contributed by atoms with Gasteiger partial charge in [-0.15, -0.1) is 0 Å². The van der Waals surface area contributed by atoms with E-state index in [9.17, 15) is 19.2 Å². The molecule has 1 aliphatic carbocycles. The molecule has 3 aromatic rings. The molecule has 1 atom stereocenters. The first-order chi connectivity index (χ1) is 21.7. The third-order valence-corrected chi connectivity index (χ3v) is 8.24. The Bertz CT molecular complexity index is 1550. The van der Waals surface area contributed by atoms with E-state index in [-0.39, 0.29) is 30.9 Å². The summed E-state index contributed by atoms with van der Waals surface area (Å²) in [6.45, 7) is 3.36. The van der Waals surface area contributed by atoms with Gasteiger partial charge in [0.05, 0.1) is 18.1 Å². The number of nitrogens with zero attached hydrogens (tertiary/aromatic N) is 4. The standard InChI is InChI=1S/C33H42N6O6/c1-22-33(43)37(2)16-6-7-17-38(30(41)20-39-26-10-5-4-9-25(26)36-31(39)23-11-12-23)18-8-15-34-32(42)24-13-14-27(28(19-24)44-3)45-21-29(40)35-22/h4-5,9-10,13-14,19,22-23H,6-8,11-12,15-18,20-21H2,1-3H3,(H,34,42)(H,35,40)/t22-/m0/s1. The van der Waals surface area contributed by atoms with Crippen LogP contribution in [0, 0.1) is 0 Å². The van der Waals surface area contributed by atoms with E-state index in [4.69, 9.17) is 14.5 Å². The first-order valence-electron chi connectivity index (χ1n) is 15.6. The molecule has 45 heavy (non-hydrogen) atoms. The van der Waals surface area contributed by atoms with Crippen molar-refractivity contribution in [2.24, 2.45) is 0 Å². The van der Waals surface area contributed by atoms with Gasteiger partial charge in [-0.1, -0.05) is 12.1 Å². The summed E-state index contributed by atoms with van der Waals surface area (Å²) in [5, 5.41) is 5.61. The normalized spacial score (nSPS) is 19.4. The Morgan fingerprint density at radius 3 is 2.58 bits per heavy atom. The molecule has 4 amide bonds. The number of para-hydroxylation sites is 2. The van der Waals surface area contributed by atoms with Gasteiger partial charge in [-0.3, -0.25) is 19.2 Å². The Kier molecular flexibility index (Phi) is 10.2. The van der Waals surface area contributed by atoms with E-state index in [1.54, 1.807) is 37.1 Å². The molecule has 3 heterocycles. The molecular formula is C33H42N6O6. The molecule has 12 nitrogen and oxygen atoms in total. The molecule has 0 unspecified atom stereocenters. The number of carbonyl (C=O) groups excluding carboxylic acids is 4. The molecule has 1 fully saturated rings. The largest absolute Gasteiger partial charge is 0.493 e. The number of hydrogen-bond donors (Lipinski definition) is 2. The summed E-state index contributed by atoms with van der Waals surface area (Å²) < 4.78 is 13.1. The van der Waals surface area contributed by atoms with Crippen LogP contribution in [0.15, 0.2) is 42.5 Å². The number of likely N-dealkylation sites (N-methyl/N-ethyl adjacent to an activating group) is 1. The molecule has 6 rings (SSSR count). The van der Waals surface area contributed by atoms with E-state index in [0.717, 1.165) is 29.7 Å². The van der Waals surface area contributed by atoms with Crippen molar-refractivity contribution in [2.45, 2.75) is 57.5 Å². The van der Waals surface area contributed by atoms with Crippen LogP contribution < -0.4 is 20.1 Å². The average molecular weight is 619 g/mol. The van der Waals surface area contributed by atoms with Gasteiger partial charge in [0.25, 0.3) is 11.8 Å². The molecule has 12 heteroatoms. The summed E-state index contributed by atoms with van der Waals surface area (Å²) in [7, 11) is 3.16. The number of rotatable bonds is 4. The van der Waals surface area contributed by atoms with E-state index in [0.29, 0.717) is 68.4 Å². The molecule has 2 aromatic carbocycles. The predicted molar refractivity (Wildman–Crippen MR) is 168 cm³/mol. The number of hydrogen-bond acceptors (Lipinski definition) is 7. The van der Waals surface area contributed by atoms with Crippen molar-refractivity contribution in [3.05, 3.63) is 53.9 Å². The molecule has 1 aromatic heterocycles. The monoisotopic (exact) mass is 618 g/mol. The van der Waals surface area contributed by atoms with Crippen LogP contribution in [0.5, 0.6) is 11.5 Å². The van der Waals surface area contributed by atoms with E-state index >= 15 is 0 Å². The smallest absolute Gasteiger partial charge is 0.258 e. The van der Waals surface area contributed by atoms with E-state index in [1.807, 2.05) is 29.2 Å². The number of imidazole rings is 1. The molecule has 2 bridgehead atoms. The number of fused-ring (bicyclic) bond motifs is 19. The molecule has 1 saturated carbocycles. The van der Waals surface area contributed by atoms with Gasteiger partial charge in [0.2, 0.25) is 11.8 Å². The lowest BCUT2D eigenvalue weighted by Gasteiger charge is -2.25. The highest BCUT2D eigenvalue weighted by Crippen LogP contribution is 2.40. The summed E-state index contributed by atoms with van der Waals surface area (Å²) in [6, 6.07) is 11.9. The van der Waals surface area contributed by atoms with Crippen molar-refractivity contribution in [3.63, 3.8) is 0 Å². The van der Waals surface area contributed by atoms with Gasteiger partial charge in [0.15, 0.2) is 18.1 Å². The first-order valence-corrected chi connectivity index (χ1v) is 15.6. The number of aromatic nitrogens is 2. The highest BCUT2D eigenvalue weighted by atomic mass is 16.5. The number of nitrogens with one attached hydrogen (secondary N) is 2. The predicted octanol–water partition coefficient (Wildman–Crippen LogP) is 2.71. The van der Waals surface area contributed by atoms with Crippen LogP contribution >= 0.6 is 0 Å². The van der Waals surface area contributed by atoms with Crippen molar-refractivity contribution in [3.8, 4) is 11.5 Å². The van der Waals surface area contributed by atoms with Crippen molar-refractivity contribution >= 4 is 34.7 Å². The SMILES string of the molecule is COc1cc2ccc1OCC(=O)N[C@@H](C)C(=O)N(C)CCCCN(C(=O)Cn1c(C3CC3)nc3ccccc31)CCCNC2=O. The molecule has 2 N–H and O–H groups in total. The molecule has 0 spiro atoms. The lowest BCUT2D eigenvalue weighted by atomic mass is 10.2. The molecule has 3 aliphatic rings. The zero-order chi connectivity index (χ0) is 31.9. The zero-order valence-corrected chi connectivity index (χ0v) is 26.2. The Morgan fingerprint density at radius 2 is 1.80 bits per heavy atom. The summed E-state index contributed by atoms with van der Waals surface area (Å²) in [6.07, 6.45) is 4.10. The topological polar surface area (TPSA) is 135 Å². The first kappa shape index (κ1) is 31.8. The van der Waals surface area contributed by atoms with Crippen molar-refractivity contribution < 1.29 is 28.7 Å². The number of ether oxygens (including phenoxy) is 2. The number of amides is 4. The molecular weight excluding hydrogens is 576 g/mol. The fourth-order valence-electron chi connectivity index (χ4n) is 5.59. The lowest BCUT2D eigenvalue weighted by Crippen LogP contribution is -2.47. The summed E-state index contributed by atoms with van der Waals surface area (Å²) in [4.78, 5) is 60.4. The van der Waals surface area contributed by atoms with Crippen molar-refractivity contribution in [2.75, 3.05) is 46.9 Å². The van der Waals surface area contributed by atoms with Crippen LogP contribution in [-0.2, 0) is 20.9 Å². The maximum Gasteiger partial charge on any atom is 0.258 e. The summed E-state index contributed by atoms with van der Waals surface area (Å²) >= 11 is 0. The van der Waals surface area contributed by atoms with Gasteiger partial charge in [0.1, 0.15) is 18.4 Å². The van der Waals surface area contributed by atoms with Gasteiger partial charge in [-0.05, 0) is 69.4 Å². The van der Waals surface area contributed by atoms with Crippen molar-refractivity contribution in [1.29, 1.82) is 0 Å². The third kappa shape index (κ3) is 7.92. The van der Waals surface area contributed by atoms with Crippen LogP contribution in [0.4, 0.5) is 0 Å². The Hall–Kier alpha value is -4.61. The Morgan fingerprint density at radius 1 is 1.04 bits per heavy atom. The van der Waals surface area contributed by atoms with Crippen LogP contribution in [0.3, 0.4) is 0 Å². The summed E-state index contributed by atoms with van der Waals surface area (Å²) in [5.74, 6) is 1.00. The number of carbonyl (C=O) groups is 4. The fraction of sp³-hybridized carbons (Fsp3) is 0.485. The van der Waals surface area contributed by atoms with Crippen LogP contribution in [0.25, 0.3) is 11.0 Å². The average Bonchev–Trinajstić information content (AvgIpc) is 3.83. The van der Waals surface area contributed by atoms with E-state index < -0.39 is 11.9 Å². The molecule has 2 aliphatic heterocycles. The van der Waals surface area contributed by atoms with E-state index in [1.165, 1.54) is 7.11 Å². The van der Waals surface area contributed by atoms with Gasteiger partial charge in [-0.2, -0.15) is 0 Å². The number of methoxy groups -OCH3 is 1. The fourth-order valence-corrected chi connectivity index (χ4v) is 5.59. The Balaban J connectivity index is 1.31. The minimum atomic E-state index is -0.739. The van der Waals surface area contributed by atoms with Crippen LogP contribution in [0.2, 0.25) is 0 Å². The minimum absolute atomic E-state index is 0.00846. The van der Waals surface area contributed by atoms with E-state index in [2.05, 4.69) is 15.2 Å². The lowest BCUT2D eigenvalue weighted by molar-refractivity contribution is -0.135. The highest BCUT2D eigenvalue weighted by molar-refractivity contribution is 5.95. The Labute approximate surface area is 263 Å². The maximum absolute atomic E-state index is 13.8. The second kappa shape index (κ2) is 14.4. The van der Waals surface area contributed by atoms with Gasteiger partial charge < -0.3 is 34.5 Å². The molecule has 240 valence electrons. The third-order valence-electron chi connectivity index (χ3n) is 8.24. The molecule has 0 saturated heterocycles. The molecule has 0 radical (unpaired) electrons. The van der Waals surface area contributed by atoms with Gasteiger partial charge in [-0.25, -0.2) is 4.98 Å². The van der Waals surface area contributed by atoms with Gasteiger partial charge in [0, 0.05) is 44.7 Å². The summed E-state index contributed by atoms with van der Waals surface area (Å²) in [5.41, 5.74) is 2.23. The maximum atomic E-state index is 13.8. The minimum Gasteiger partial charge on any atom is -0.493 e. The second-order valence-electron chi connectivity index (χ2n) is 11.7. The van der Waals surface area contributed by atoms with Crippen LogP contribution in [0.1, 0.15) is 61.1 Å². The van der Waals surface area contributed by atoms with Crippen molar-refractivity contribution in [1.82, 2.24) is 30.0 Å². The number of benzene rings is 2. The van der Waals surface area contributed by atoms with Gasteiger partial charge >= 0.3 is 0 Å². The second-order valence-corrected chi connectivity index (χ2v) is 11.7. The highest BCUT2D eigenvalue weighted by Gasteiger charge is 2.30. The van der Waals surface area contributed by atoms with Crippen LogP contribution in [-0.4, -0.2) is 96.0 Å². The zero-order valence-electron chi connectivity index (χ0n) is 26.2. The quantitative estimate of drug-likeness (QED) is 0.430.